The molecule has 1 heterocycles. The molecule has 0 spiro atoms. The third-order valence-electron chi connectivity index (χ3n) is 3.74. The van der Waals surface area contributed by atoms with Crippen LogP contribution < -0.4 is 11.1 Å². The minimum absolute atomic E-state index is 0.0568. The average Bonchev–Trinajstić information content (AvgIpc) is 2.42. The Morgan fingerprint density at radius 3 is 2.55 bits per heavy atom. The Hall–Kier alpha value is -2.07. The van der Waals surface area contributed by atoms with Crippen LogP contribution in [0.25, 0.3) is 10.8 Å². The maximum atomic E-state index is 12.3. The van der Waals surface area contributed by atoms with Gasteiger partial charge in [-0.3, -0.25) is 4.79 Å². The number of carbonyl (C=O) groups is 1. The van der Waals surface area contributed by atoms with Crippen molar-refractivity contribution in [3.05, 3.63) is 42.0 Å². The SMILES string of the molecule is CC1(CNC(=O)c2cc3ccccc3cc2N)COC1. The number of nitrogens with two attached hydrogens (primary N) is 1. The molecular weight excluding hydrogens is 252 g/mol. The lowest BCUT2D eigenvalue weighted by molar-refractivity contribution is -0.0978. The van der Waals surface area contributed by atoms with Crippen molar-refractivity contribution in [3.8, 4) is 0 Å². The quantitative estimate of drug-likeness (QED) is 0.840. The van der Waals surface area contributed by atoms with Gasteiger partial charge in [-0.05, 0) is 22.9 Å². The molecule has 3 rings (SSSR count). The molecule has 3 N–H and O–H groups in total. The molecular formula is C16H18N2O2. The molecule has 2 aromatic rings. The lowest BCUT2D eigenvalue weighted by atomic mass is 9.88. The highest BCUT2D eigenvalue weighted by Crippen LogP contribution is 2.26. The molecule has 1 aliphatic heterocycles. The molecule has 2 aromatic carbocycles. The second kappa shape index (κ2) is 4.80. The standard InChI is InChI=1S/C16H18N2O2/c1-16(9-20-10-16)8-18-15(19)13-6-11-4-2-3-5-12(11)7-14(13)17/h2-7H,8-10,17H2,1H3,(H,18,19). The van der Waals surface area contributed by atoms with E-state index in [0.717, 1.165) is 10.8 Å². The van der Waals surface area contributed by atoms with E-state index in [4.69, 9.17) is 10.5 Å². The van der Waals surface area contributed by atoms with Crippen LogP contribution in [0, 0.1) is 5.41 Å². The number of amides is 1. The zero-order valence-electron chi connectivity index (χ0n) is 11.5. The van der Waals surface area contributed by atoms with Gasteiger partial charge in [-0.15, -0.1) is 0 Å². The Bertz CT molecular complexity index is 663. The number of carbonyl (C=O) groups excluding carboxylic acids is 1. The summed E-state index contributed by atoms with van der Waals surface area (Å²) in [7, 11) is 0. The van der Waals surface area contributed by atoms with E-state index in [1.165, 1.54) is 0 Å². The fraction of sp³-hybridized carbons (Fsp3) is 0.312. The van der Waals surface area contributed by atoms with Crippen LogP contribution in [0.4, 0.5) is 5.69 Å². The summed E-state index contributed by atoms with van der Waals surface area (Å²) in [5, 5.41) is 5.01. The highest BCUT2D eigenvalue weighted by Gasteiger charge is 2.33. The largest absolute Gasteiger partial charge is 0.398 e. The highest BCUT2D eigenvalue weighted by molar-refractivity contribution is 6.03. The molecule has 0 unspecified atom stereocenters. The summed E-state index contributed by atoms with van der Waals surface area (Å²) in [6.07, 6.45) is 0. The van der Waals surface area contributed by atoms with Crippen LogP contribution >= 0.6 is 0 Å². The fourth-order valence-electron chi connectivity index (χ4n) is 2.40. The summed E-state index contributed by atoms with van der Waals surface area (Å²) in [6.45, 7) is 4.10. The molecule has 0 aliphatic carbocycles. The third kappa shape index (κ3) is 2.34. The normalized spacial score (nSPS) is 16.6. The summed E-state index contributed by atoms with van der Waals surface area (Å²) < 4.78 is 5.18. The van der Waals surface area contributed by atoms with Gasteiger partial charge in [0.15, 0.2) is 0 Å². The predicted octanol–water partition coefficient (Wildman–Crippen LogP) is 2.19. The zero-order valence-corrected chi connectivity index (χ0v) is 11.5. The maximum Gasteiger partial charge on any atom is 0.253 e. The van der Waals surface area contributed by atoms with Crippen molar-refractivity contribution < 1.29 is 9.53 Å². The van der Waals surface area contributed by atoms with Gasteiger partial charge in [0, 0.05) is 17.6 Å². The van der Waals surface area contributed by atoms with Crippen molar-refractivity contribution in [3.63, 3.8) is 0 Å². The molecule has 20 heavy (non-hydrogen) atoms. The second-order valence-electron chi connectivity index (χ2n) is 5.77. The minimum Gasteiger partial charge on any atom is -0.398 e. The predicted molar refractivity (Wildman–Crippen MR) is 79.6 cm³/mol. The molecule has 0 atom stereocenters. The van der Waals surface area contributed by atoms with E-state index in [0.29, 0.717) is 31.0 Å². The van der Waals surface area contributed by atoms with Gasteiger partial charge in [-0.25, -0.2) is 0 Å². The van der Waals surface area contributed by atoms with Gasteiger partial charge in [0.05, 0.1) is 18.8 Å². The van der Waals surface area contributed by atoms with Crippen molar-refractivity contribution in [2.75, 3.05) is 25.5 Å². The molecule has 0 radical (unpaired) electrons. The van der Waals surface area contributed by atoms with Crippen LogP contribution in [-0.4, -0.2) is 25.7 Å². The summed E-state index contributed by atoms with van der Waals surface area (Å²) in [5.41, 5.74) is 7.09. The molecule has 4 heteroatoms. The zero-order chi connectivity index (χ0) is 14.2. The first-order valence-corrected chi connectivity index (χ1v) is 6.72. The first-order valence-electron chi connectivity index (χ1n) is 6.72. The van der Waals surface area contributed by atoms with Crippen molar-refractivity contribution in [2.24, 2.45) is 5.41 Å². The van der Waals surface area contributed by atoms with E-state index in [1.807, 2.05) is 36.4 Å². The van der Waals surface area contributed by atoms with Crippen LogP contribution in [0.2, 0.25) is 0 Å². The van der Waals surface area contributed by atoms with Crippen LogP contribution in [0.15, 0.2) is 36.4 Å². The van der Waals surface area contributed by atoms with E-state index in [2.05, 4.69) is 12.2 Å². The Morgan fingerprint density at radius 2 is 1.95 bits per heavy atom. The molecule has 0 bridgehead atoms. The first kappa shape index (κ1) is 12.9. The number of nitrogens with one attached hydrogen (secondary N) is 1. The summed E-state index contributed by atoms with van der Waals surface area (Å²) in [4.78, 5) is 12.3. The van der Waals surface area contributed by atoms with Crippen LogP contribution in [-0.2, 0) is 4.74 Å². The molecule has 0 saturated carbocycles. The number of hydrogen-bond acceptors (Lipinski definition) is 3. The average molecular weight is 270 g/mol. The van der Waals surface area contributed by atoms with Gasteiger partial charge in [0.2, 0.25) is 0 Å². The second-order valence-corrected chi connectivity index (χ2v) is 5.77. The molecule has 104 valence electrons. The van der Waals surface area contributed by atoms with Crippen LogP contribution in [0.3, 0.4) is 0 Å². The van der Waals surface area contributed by atoms with Crippen molar-refractivity contribution in [1.82, 2.24) is 5.32 Å². The Morgan fingerprint density at radius 1 is 1.30 bits per heavy atom. The van der Waals surface area contributed by atoms with Crippen molar-refractivity contribution in [1.29, 1.82) is 0 Å². The van der Waals surface area contributed by atoms with Gasteiger partial charge >= 0.3 is 0 Å². The third-order valence-corrected chi connectivity index (χ3v) is 3.74. The monoisotopic (exact) mass is 270 g/mol. The number of rotatable bonds is 3. The molecule has 0 aromatic heterocycles. The first-order chi connectivity index (χ1) is 9.57. The van der Waals surface area contributed by atoms with Crippen LogP contribution in [0.1, 0.15) is 17.3 Å². The van der Waals surface area contributed by atoms with Crippen molar-refractivity contribution in [2.45, 2.75) is 6.92 Å². The van der Waals surface area contributed by atoms with Gasteiger partial charge in [0.1, 0.15) is 0 Å². The Balaban J connectivity index is 1.81. The van der Waals surface area contributed by atoms with E-state index in [9.17, 15) is 4.79 Å². The lowest BCUT2D eigenvalue weighted by Crippen LogP contribution is -2.48. The summed E-state index contributed by atoms with van der Waals surface area (Å²) >= 11 is 0. The Labute approximate surface area is 117 Å². The minimum atomic E-state index is -0.124. The van der Waals surface area contributed by atoms with Gasteiger partial charge in [0.25, 0.3) is 5.91 Å². The molecule has 4 nitrogen and oxygen atoms in total. The smallest absolute Gasteiger partial charge is 0.253 e. The maximum absolute atomic E-state index is 12.3. The van der Waals surface area contributed by atoms with E-state index < -0.39 is 0 Å². The van der Waals surface area contributed by atoms with E-state index in [1.54, 1.807) is 0 Å². The Kier molecular flexibility index (Phi) is 3.10. The topological polar surface area (TPSA) is 64.4 Å². The number of nitrogen functional groups attached to an aromatic ring is 1. The summed E-state index contributed by atoms with van der Waals surface area (Å²) in [5.74, 6) is -0.124. The highest BCUT2D eigenvalue weighted by atomic mass is 16.5. The van der Waals surface area contributed by atoms with Gasteiger partial charge in [-0.1, -0.05) is 31.2 Å². The molecule has 1 aliphatic rings. The number of ether oxygens (including phenoxy) is 1. The van der Waals surface area contributed by atoms with Gasteiger partial charge in [-0.2, -0.15) is 0 Å². The molecule has 1 fully saturated rings. The van der Waals surface area contributed by atoms with Crippen LogP contribution in [0.5, 0.6) is 0 Å². The van der Waals surface area contributed by atoms with Crippen molar-refractivity contribution >= 4 is 22.4 Å². The number of anilines is 1. The van der Waals surface area contributed by atoms with E-state index >= 15 is 0 Å². The fourth-order valence-corrected chi connectivity index (χ4v) is 2.40. The van der Waals surface area contributed by atoms with Gasteiger partial charge < -0.3 is 15.8 Å². The van der Waals surface area contributed by atoms with E-state index in [-0.39, 0.29) is 11.3 Å². The molecule has 1 amide bonds. The number of fused-ring (bicyclic) bond motifs is 1. The lowest BCUT2D eigenvalue weighted by Gasteiger charge is -2.38. The molecule has 1 saturated heterocycles. The number of benzene rings is 2. The summed E-state index contributed by atoms with van der Waals surface area (Å²) in [6, 6.07) is 11.6. The number of hydrogen-bond donors (Lipinski definition) is 2.